The van der Waals surface area contributed by atoms with Crippen molar-refractivity contribution < 1.29 is 8.78 Å². The quantitative estimate of drug-likeness (QED) is 0.135. The van der Waals surface area contributed by atoms with Crippen LogP contribution in [0.15, 0.2) is 255 Å². The number of hydrogen-bond acceptors (Lipinski definition) is 2. The van der Waals surface area contributed by atoms with E-state index in [1.807, 2.05) is 24.3 Å². The van der Waals surface area contributed by atoms with Gasteiger partial charge in [-0.25, -0.2) is 8.78 Å². The number of rotatable bonds is 10. The van der Waals surface area contributed by atoms with Gasteiger partial charge in [-0.05, 0) is 200 Å². The van der Waals surface area contributed by atoms with Gasteiger partial charge in [0.15, 0.2) is 0 Å². The van der Waals surface area contributed by atoms with Crippen molar-refractivity contribution in [2.45, 2.75) is 52.4 Å². The fraction of sp³-hybridized carbons (Fsp3) is 0.103. The summed E-state index contributed by atoms with van der Waals surface area (Å²) >= 11 is 0. The SMILES string of the molecule is Cc1ccc(N(c2ccc3c(c2)C(C)(C)c2cc4c(-c5ccc(F)cc5)c5c(cc4c(-c4ccc(F)cc4)c2-3)C(C)(C)c2cc(N(c3ccc(C)cc3)c3ccccc3-c3ccccc3)ccc2-5)c2ccccc2-c2ccccc2)cc1. The predicted octanol–water partition coefficient (Wildman–Crippen LogP) is 22.0. The van der Waals surface area contributed by atoms with Crippen LogP contribution < -0.4 is 9.80 Å². The topological polar surface area (TPSA) is 6.48 Å². The Labute approximate surface area is 479 Å². The summed E-state index contributed by atoms with van der Waals surface area (Å²) in [6.45, 7) is 13.6. The van der Waals surface area contributed by atoms with Crippen molar-refractivity contribution >= 4 is 44.9 Å². The molecular weight excluding hydrogens is 1000 g/mol. The molecule has 2 aliphatic carbocycles. The highest BCUT2D eigenvalue weighted by Crippen LogP contribution is 2.61. The van der Waals surface area contributed by atoms with Crippen LogP contribution in [0.4, 0.5) is 42.9 Å². The number of fused-ring (bicyclic) bond motifs is 7. The molecule has 82 heavy (non-hydrogen) atoms. The molecule has 2 aliphatic rings. The lowest BCUT2D eigenvalue weighted by atomic mass is 9.76. The molecule has 0 amide bonds. The summed E-state index contributed by atoms with van der Waals surface area (Å²) in [5.74, 6) is -0.575. The van der Waals surface area contributed by atoms with E-state index in [1.165, 1.54) is 33.4 Å². The van der Waals surface area contributed by atoms with Crippen molar-refractivity contribution in [1.29, 1.82) is 0 Å². The average molecular weight is 1060 g/mol. The van der Waals surface area contributed by atoms with Crippen molar-refractivity contribution in [3.63, 3.8) is 0 Å². The lowest BCUT2D eigenvalue weighted by molar-refractivity contribution is 0.627. The minimum Gasteiger partial charge on any atom is -0.310 e. The van der Waals surface area contributed by atoms with Crippen molar-refractivity contribution in [2.75, 3.05) is 9.80 Å². The molecule has 0 heterocycles. The van der Waals surface area contributed by atoms with Gasteiger partial charge in [0.25, 0.3) is 0 Å². The van der Waals surface area contributed by atoms with Gasteiger partial charge in [0, 0.05) is 44.7 Å². The molecule has 0 aromatic heterocycles. The van der Waals surface area contributed by atoms with Crippen LogP contribution in [0, 0.1) is 25.5 Å². The zero-order valence-corrected chi connectivity index (χ0v) is 46.9. The lowest BCUT2D eigenvalue weighted by Crippen LogP contribution is -2.17. The van der Waals surface area contributed by atoms with E-state index in [1.54, 1.807) is 24.3 Å². The first kappa shape index (κ1) is 50.6. The lowest BCUT2D eigenvalue weighted by Gasteiger charge is -2.30. The number of nitrogens with zero attached hydrogens (tertiary/aromatic N) is 2. The first-order chi connectivity index (χ1) is 39.8. The van der Waals surface area contributed by atoms with Crippen LogP contribution in [0.3, 0.4) is 0 Å². The van der Waals surface area contributed by atoms with E-state index in [0.717, 1.165) is 112 Å². The summed E-state index contributed by atoms with van der Waals surface area (Å²) in [5.41, 5.74) is 25.6. The third-order valence-electron chi connectivity index (χ3n) is 17.5. The minimum atomic E-state index is -0.498. The highest BCUT2D eigenvalue weighted by molar-refractivity contribution is 6.17. The molecule has 0 unspecified atom stereocenters. The highest BCUT2D eigenvalue weighted by Gasteiger charge is 2.43. The van der Waals surface area contributed by atoms with Gasteiger partial charge >= 0.3 is 0 Å². The number of anilines is 6. The number of aryl methyl sites for hydroxylation is 2. The number of benzene rings is 12. The zero-order valence-electron chi connectivity index (χ0n) is 46.9. The molecule has 12 aromatic carbocycles. The Kier molecular flexibility index (Phi) is 12.1. The molecule has 0 bridgehead atoms. The van der Waals surface area contributed by atoms with Gasteiger partial charge < -0.3 is 9.80 Å². The van der Waals surface area contributed by atoms with Gasteiger partial charge in [-0.3, -0.25) is 0 Å². The van der Waals surface area contributed by atoms with Gasteiger partial charge in [0.1, 0.15) is 11.6 Å². The monoisotopic (exact) mass is 1060 g/mol. The summed E-state index contributed by atoms with van der Waals surface area (Å²) < 4.78 is 30.5. The highest BCUT2D eigenvalue weighted by atomic mass is 19.1. The van der Waals surface area contributed by atoms with Crippen molar-refractivity contribution in [2.24, 2.45) is 0 Å². The van der Waals surface area contributed by atoms with Crippen LogP contribution in [0.1, 0.15) is 61.1 Å². The molecule has 0 saturated heterocycles. The number of hydrogen-bond donors (Lipinski definition) is 0. The molecule has 14 rings (SSSR count). The largest absolute Gasteiger partial charge is 0.310 e. The first-order valence-corrected chi connectivity index (χ1v) is 28.4. The second-order valence-corrected chi connectivity index (χ2v) is 23.3. The van der Waals surface area contributed by atoms with Crippen LogP contribution in [-0.2, 0) is 10.8 Å². The van der Waals surface area contributed by atoms with E-state index in [2.05, 4.69) is 258 Å². The van der Waals surface area contributed by atoms with E-state index >= 15 is 8.78 Å². The molecule has 0 N–H and O–H groups in total. The molecule has 0 atom stereocenters. The molecule has 396 valence electrons. The maximum Gasteiger partial charge on any atom is 0.123 e. The van der Waals surface area contributed by atoms with Crippen LogP contribution in [-0.4, -0.2) is 0 Å². The van der Waals surface area contributed by atoms with Crippen LogP contribution in [0.25, 0.3) is 77.5 Å². The molecule has 12 aromatic rings. The smallest absolute Gasteiger partial charge is 0.123 e. The Bertz CT molecular complexity index is 4160. The van der Waals surface area contributed by atoms with Crippen LogP contribution >= 0.6 is 0 Å². The van der Waals surface area contributed by atoms with E-state index in [-0.39, 0.29) is 11.6 Å². The zero-order chi connectivity index (χ0) is 56.0. The van der Waals surface area contributed by atoms with Gasteiger partial charge in [-0.2, -0.15) is 0 Å². The van der Waals surface area contributed by atoms with E-state index in [4.69, 9.17) is 0 Å². The van der Waals surface area contributed by atoms with Gasteiger partial charge in [0.2, 0.25) is 0 Å². The first-order valence-electron chi connectivity index (χ1n) is 28.4. The summed E-state index contributed by atoms with van der Waals surface area (Å²) in [7, 11) is 0. The third kappa shape index (κ3) is 8.27. The van der Waals surface area contributed by atoms with Gasteiger partial charge in [-0.15, -0.1) is 0 Å². The van der Waals surface area contributed by atoms with Crippen molar-refractivity contribution in [3.05, 3.63) is 300 Å². The number of halogens is 2. The Morgan fingerprint density at radius 1 is 0.280 bits per heavy atom. The van der Waals surface area contributed by atoms with Gasteiger partial charge in [0.05, 0.1) is 11.4 Å². The molecule has 0 spiro atoms. The van der Waals surface area contributed by atoms with Crippen molar-refractivity contribution in [3.8, 4) is 66.8 Å². The molecule has 2 nitrogen and oxygen atoms in total. The molecule has 0 radical (unpaired) electrons. The maximum atomic E-state index is 15.3. The number of para-hydroxylation sites is 2. The molecule has 0 saturated carbocycles. The Balaban J connectivity index is 1.01. The molecule has 0 fully saturated rings. The predicted molar refractivity (Wildman–Crippen MR) is 340 cm³/mol. The summed E-state index contributed by atoms with van der Waals surface area (Å²) in [5, 5.41) is 2.13. The summed E-state index contributed by atoms with van der Waals surface area (Å²) in [6, 6.07) is 89.0. The Morgan fingerprint density at radius 2 is 0.622 bits per heavy atom. The summed E-state index contributed by atoms with van der Waals surface area (Å²) in [4.78, 5) is 4.78. The fourth-order valence-corrected chi connectivity index (χ4v) is 13.3. The standard InChI is InChI=1S/C78H60F2N2/c1-49-25-37-57(38-26-49)81(71-23-15-13-21-61(71)51-17-9-7-10-18-51)59-41-43-63-67(45-59)77(3,4)69-47-65-66(73(75(63)69)53-29-33-55(79)34-30-53)48-70-76(74(65)54-31-35-56(80)36-32-54)64-44-42-60(46-68(64)78(70,5)6)82(58-39-27-50(2)28-40-58)72-24-16-14-22-62(72)52-19-11-8-12-20-52/h7-48H,1-6H3. The third-order valence-corrected chi connectivity index (χ3v) is 17.5. The molecular formula is C78H60F2N2. The second-order valence-electron chi connectivity index (χ2n) is 23.3. The average Bonchev–Trinajstić information content (AvgIpc) is 2.33. The summed E-state index contributed by atoms with van der Waals surface area (Å²) in [6.07, 6.45) is 0. The molecule has 4 heteroatoms. The van der Waals surface area contributed by atoms with Crippen molar-refractivity contribution in [1.82, 2.24) is 0 Å². The molecule has 0 aliphatic heterocycles. The van der Waals surface area contributed by atoms with Crippen LogP contribution in [0.5, 0.6) is 0 Å². The van der Waals surface area contributed by atoms with Gasteiger partial charge in [-0.1, -0.05) is 197 Å². The van der Waals surface area contributed by atoms with E-state index in [0.29, 0.717) is 0 Å². The minimum absolute atomic E-state index is 0.288. The van der Waals surface area contributed by atoms with E-state index in [9.17, 15) is 0 Å². The maximum absolute atomic E-state index is 15.3. The van der Waals surface area contributed by atoms with Crippen LogP contribution in [0.2, 0.25) is 0 Å². The fourth-order valence-electron chi connectivity index (χ4n) is 13.3. The Hall–Kier alpha value is -9.64. The second kappa shape index (κ2) is 19.6. The Morgan fingerprint density at radius 3 is 1.00 bits per heavy atom. The normalized spacial score (nSPS) is 13.3. The van der Waals surface area contributed by atoms with E-state index < -0.39 is 10.8 Å².